The normalized spacial score (nSPS) is 34.0. The molecule has 2 heterocycles. The number of nitrogens with one attached hydrogen (secondary N) is 1. The maximum atomic E-state index is 12.7. The maximum absolute atomic E-state index is 12.7. The van der Waals surface area contributed by atoms with Crippen molar-refractivity contribution in [1.29, 1.82) is 0 Å². The van der Waals surface area contributed by atoms with E-state index in [0.717, 1.165) is 51.8 Å². The monoisotopic (exact) mass is 321 g/mol. The van der Waals surface area contributed by atoms with Crippen molar-refractivity contribution < 1.29 is 14.3 Å². The molecule has 0 radical (unpaired) electrons. The molecule has 3 amide bonds. The van der Waals surface area contributed by atoms with Gasteiger partial charge in [0.2, 0.25) is 0 Å². The van der Waals surface area contributed by atoms with Gasteiger partial charge in [-0.05, 0) is 25.7 Å². The van der Waals surface area contributed by atoms with Crippen LogP contribution in [0.25, 0.3) is 0 Å². The zero-order valence-corrected chi connectivity index (χ0v) is 13.8. The van der Waals surface area contributed by atoms with Crippen LogP contribution in [0.4, 0.5) is 4.79 Å². The molecule has 2 aliphatic carbocycles. The Bertz CT molecular complexity index is 487. The minimum absolute atomic E-state index is 0.00783. The largest absolute Gasteiger partial charge is 0.375 e. The van der Waals surface area contributed by atoms with E-state index in [1.54, 1.807) is 0 Å². The van der Waals surface area contributed by atoms with E-state index in [9.17, 15) is 9.59 Å². The first kappa shape index (κ1) is 15.4. The summed E-state index contributed by atoms with van der Waals surface area (Å²) in [7, 11) is 0. The van der Waals surface area contributed by atoms with Crippen LogP contribution in [-0.4, -0.2) is 65.7 Å². The van der Waals surface area contributed by atoms with Crippen molar-refractivity contribution >= 4 is 11.9 Å². The van der Waals surface area contributed by atoms with Gasteiger partial charge in [-0.25, -0.2) is 4.79 Å². The van der Waals surface area contributed by atoms with Crippen molar-refractivity contribution in [1.82, 2.24) is 15.1 Å². The highest BCUT2D eigenvalue weighted by Gasteiger charge is 2.52. The summed E-state index contributed by atoms with van der Waals surface area (Å²) in [6.07, 6.45) is 8.86. The molecular formula is C17H27N3O3. The molecular weight excluding hydrogens is 294 g/mol. The van der Waals surface area contributed by atoms with Gasteiger partial charge in [0.1, 0.15) is 5.54 Å². The van der Waals surface area contributed by atoms with Crippen LogP contribution < -0.4 is 5.32 Å². The lowest BCUT2D eigenvalue weighted by molar-refractivity contribution is -0.132. The fourth-order valence-corrected chi connectivity index (χ4v) is 4.88. The zero-order valence-electron chi connectivity index (χ0n) is 13.8. The highest BCUT2D eigenvalue weighted by molar-refractivity contribution is 6.07. The van der Waals surface area contributed by atoms with Crippen LogP contribution in [0.5, 0.6) is 0 Å². The van der Waals surface area contributed by atoms with Gasteiger partial charge in [0.25, 0.3) is 5.91 Å². The number of carbonyl (C=O) groups is 2. The van der Waals surface area contributed by atoms with Crippen molar-refractivity contribution in [2.45, 2.75) is 69.1 Å². The number of morpholine rings is 1. The molecule has 6 heteroatoms. The summed E-state index contributed by atoms with van der Waals surface area (Å²) < 4.78 is 5.90. The van der Waals surface area contributed by atoms with E-state index >= 15 is 0 Å². The SMILES string of the molecule is O=C1NC2(CCCC2)C(=O)N1CCN1CCO[C@H]2CCCC[C@H]21. The third kappa shape index (κ3) is 2.66. The average molecular weight is 321 g/mol. The number of nitrogens with zero attached hydrogens (tertiary/aromatic N) is 2. The second-order valence-electron chi connectivity index (χ2n) is 7.47. The summed E-state index contributed by atoms with van der Waals surface area (Å²) in [5.74, 6) is 0.00783. The number of hydrogen-bond acceptors (Lipinski definition) is 4. The van der Waals surface area contributed by atoms with E-state index in [2.05, 4.69) is 10.2 Å². The number of amides is 3. The minimum atomic E-state index is -0.574. The highest BCUT2D eigenvalue weighted by Crippen LogP contribution is 2.35. The molecule has 23 heavy (non-hydrogen) atoms. The molecule has 0 aromatic carbocycles. The Morgan fingerprint density at radius 2 is 1.87 bits per heavy atom. The zero-order chi connectivity index (χ0) is 15.9. The molecule has 0 aromatic heterocycles. The third-order valence-corrected chi connectivity index (χ3v) is 6.16. The van der Waals surface area contributed by atoms with Crippen molar-refractivity contribution in [3.05, 3.63) is 0 Å². The summed E-state index contributed by atoms with van der Waals surface area (Å²) in [4.78, 5) is 28.8. The number of rotatable bonds is 3. The molecule has 0 bridgehead atoms. The van der Waals surface area contributed by atoms with Gasteiger partial charge in [0.15, 0.2) is 0 Å². The van der Waals surface area contributed by atoms with Crippen molar-refractivity contribution in [2.24, 2.45) is 0 Å². The molecule has 2 aliphatic heterocycles. The second-order valence-corrected chi connectivity index (χ2v) is 7.47. The Kier molecular flexibility index (Phi) is 4.05. The van der Waals surface area contributed by atoms with E-state index in [1.165, 1.54) is 24.2 Å². The Hall–Kier alpha value is -1.14. The predicted octanol–water partition coefficient (Wildman–Crippen LogP) is 1.49. The lowest BCUT2D eigenvalue weighted by atomic mass is 9.90. The van der Waals surface area contributed by atoms with Gasteiger partial charge in [-0.2, -0.15) is 0 Å². The topological polar surface area (TPSA) is 61.9 Å². The molecule has 2 saturated heterocycles. The third-order valence-electron chi connectivity index (χ3n) is 6.16. The van der Waals surface area contributed by atoms with Gasteiger partial charge in [0, 0.05) is 25.7 Å². The van der Waals surface area contributed by atoms with Crippen LogP contribution in [0.15, 0.2) is 0 Å². The van der Waals surface area contributed by atoms with Crippen LogP contribution in [0.1, 0.15) is 51.4 Å². The number of carbonyl (C=O) groups excluding carboxylic acids is 2. The number of imide groups is 1. The highest BCUT2D eigenvalue weighted by atomic mass is 16.5. The van der Waals surface area contributed by atoms with E-state index in [-0.39, 0.29) is 11.9 Å². The van der Waals surface area contributed by atoms with Crippen LogP contribution in [0, 0.1) is 0 Å². The summed E-state index contributed by atoms with van der Waals surface area (Å²) in [6.45, 7) is 2.97. The Morgan fingerprint density at radius 3 is 2.70 bits per heavy atom. The molecule has 4 aliphatic rings. The van der Waals surface area contributed by atoms with E-state index < -0.39 is 5.54 Å². The van der Waals surface area contributed by atoms with Crippen molar-refractivity contribution in [2.75, 3.05) is 26.2 Å². The van der Waals surface area contributed by atoms with Gasteiger partial charge >= 0.3 is 6.03 Å². The molecule has 4 fully saturated rings. The first-order chi connectivity index (χ1) is 11.2. The average Bonchev–Trinajstić information content (AvgIpc) is 3.12. The minimum Gasteiger partial charge on any atom is -0.375 e. The smallest absolute Gasteiger partial charge is 0.325 e. The number of urea groups is 1. The van der Waals surface area contributed by atoms with Gasteiger partial charge in [-0.3, -0.25) is 14.6 Å². The first-order valence-corrected chi connectivity index (χ1v) is 9.19. The van der Waals surface area contributed by atoms with E-state index in [0.29, 0.717) is 18.7 Å². The van der Waals surface area contributed by atoms with Crippen molar-refractivity contribution in [3.63, 3.8) is 0 Å². The molecule has 2 atom stereocenters. The standard InChI is InChI=1S/C17H27N3O3/c21-15-17(7-3-4-8-17)18-16(22)20(15)10-9-19-11-12-23-14-6-2-1-5-13(14)19/h13-14H,1-12H2,(H,18,22)/t13-,14+/m1/s1. The quantitative estimate of drug-likeness (QED) is 0.800. The fourth-order valence-electron chi connectivity index (χ4n) is 4.88. The molecule has 4 rings (SSSR count). The fraction of sp³-hybridized carbons (Fsp3) is 0.882. The Morgan fingerprint density at radius 1 is 1.09 bits per heavy atom. The summed E-state index contributed by atoms with van der Waals surface area (Å²) >= 11 is 0. The predicted molar refractivity (Wildman–Crippen MR) is 85.0 cm³/mol. The lowest BCUT2D eigenvalue weighted by Crippen LogP contribution is -2.54. The number of fused-ring (bicyclic) bond motifs is 1. The van der Waals surface area contributed by atoms with Gasteiger partial charge < -0.3 is 10.1 Å². The van der Waals surface area contributed by atoms with Gasteiger partial charge in [-0.1, -0.05) is 25.7 Å². The number of ether oxygens (including phenoxy) is 1. The van der Waals surface area contributed by atoms with E-state index in [1.807, 2.05) is 0 Å². The molecule has 1 N–H and O–H groups in total. The van der Waals surface area contributed by atoms with Crippen LogP contribution in [0.2, 0.25) is 0 Å². The summed E-state index contributed by atoms with van der Waals surface area (Å²) in [6, 6.07) is 0.282. The summed E-state index contributed by atoms with van der Waals surface area (Å²) in [5, 5.41) is 2.97. The van der Waals surface area contributed by atoms with E-state index in [4.69, 9.17) is 4.74 Å². The van der Waals surface area contributed by atoms with Crippen LogP contribution >= 0.6 is 0 Å². The molecule has 128 valence electrons. The lowest BCUT2D eigenvalue weighted by Gasteiger charge is -2.44. The molecule has 6 nitrogen and oxygen atoms in total. The first-order valence-electron chi connectivity index (χ1n) is 9.19. The van der Waals surface area contributed by atoms with Crippen LogP contribution in [0.3, 0.4) is 0 Å². The number of hydrogen-bond donors (Lipinski definition) is 1. The Labute approximate surface area is 137 Å². The molecule has 2 saturated carbocycles. The van der Waals surface area contributed by atoms with Gasteiger partial charge in [-0.15, -0.1) is 0 Å². The Balaban J connectivity index is 1.38. The van der Waals surface area contributed by atoms with Crippen LogP contribution in [-0.2, 0) is 9.53 Å². The molecule has 1 spiro atoms. The molecule has 0 aromatic rings. The summed E-state index contributed by atoms with van der Waals surface area (Å²) in [5.41, 5.74) is -0.574. The maximum Gasteiger partial charge on any atom is 0.325 e. The van der Waals surface area contributed by atoms with Gasteiger partial charge in [0.05, 0.1) is 12.7 Å². The van der Waals surface area contributed by atoms with Crippen molar-refractivity contribution in [3.8, 4) is 0 Å². The molecule has 0 unspecified atom stereocenters. The second kappa shape index (κ2) is 6.06.